The van der Waals surface area contributed by atoms with Crippen LogP contribution < -0.4 is 10.1 Å². The first-order valence-corrected chi connectivity index (χ1v) is 7.23. The van der Waals surface area contributed by atoms with Crippen molar-refractivity contribution in [1.82, 2.24) is 5.32 Å². The van der Waals surface area contributed by atoms with Crippen LogP contribution in [0.5, 0.6) is 11.5 Å². The van der Waals surface area contributed by atoms with E-state index in [1.807, 2.05) is 19.2 Å². The van der Waals surface area contributed by atoms with E-state index in [0.29, 0.717) is 17.3 Å². The fraction of sp³-hybridized carbons (Fsp3) is 0.143. The molecule has 0 amide bonds. The quantitative estimate of drug-likeness (QED) is 0.620. The first-order valence-electron chi connectivity index (χ1n) is 6.06. The Morgan fingerprint density at radius 1 is 1.29 bits per heavy atom. The summed E-state index contributed by atoms with van der Waals surface area (Å²) in [4.78, 5) is 10.6. The van der Waals surface area contributed by atoms with Crippen LogP contribution in [0, 0.1) is 10.1 Å². The summed E-state index contributed by atoms with van der Waals surface area (Å²) in [7, 11) is 1.81. The first-order chi connectivity index (χ1) is 10.0. The first kappa shape index (κ1) is 15.8. The summed E-state index contributed by atoms with van der Waals surface area (Å²) in [6.07, 6.45) is 0. The zero-order valence-electron chi connectivity index (χ0n) is 11.1. The van der Waals surface area contributed by atoms with E-state index in [4.69, 9.17) is 16.3 Å². The summed E-state index contributed by atoms with van der Waals surface area (Å²) in [6, 6.07) is 9.79. The molecule has 2 aromatic carbocycles. The number of rotatable bonds is 5. The van der Waals surface area contributed by atoms with E-state index >= 15 is 0 Å². The van der Waals surface area contributed by atoms with Gasteiger partial charge in [-0.05, 0) is 37.4 Å². The molecule has 0 unspecified atom stereocenters. The van der Waals surface area contributed by atoms with Crippen LogP contribution in [0.2, 0.25) is 5.02 Å². The van der Waals surface area contributed by atoms with Crippen LogP contribution in [-0.4, -0.2) is 12.0 Å². The highest BCUT2D eigenvalue weighted by atomic mass is 79.9. The fourth-order valence-electron chi connectivity index (χ4n) is 1.81. The molecule has 2 rings (SSSR count). The Labute approximate surface area is 135 Å². The molecule has 110 valence electrons. The molecule has 0 aliphatic rings. The second kappa shape index (κ2) is 6.89. The molecule has 21 heavy (non-hydrogen) atoms. The molecule has 0 spiro atoms. The highest BCUT2D eigenvalue weighted by Gasteiger charge is 2.17. The molecule has 0 bridgehead atoms. The summed E-state index contributed by atoms with van der Waals surface area (Å²) in [5.74, 6) is 0.710. The van der Waals surface area contributed by atoms with E-state index in [2.05, 4.69) is 21.2 Å². The molecule has 1 N–H and O–H groups in total. The van der Waals surface area contributed by atoms with Crippen LogP contribution in [0.15, 0.2) is 40.9 Å². The number of nitrogens with zero attached hydrogens (tertiary/aromatic N) is 1. The lowest BCUT2D eigenvalue weighted by atomic mass is 10.2. The zero-order chi connectivity index (χ0) is 15.4. The van der Waals surface area contributed by atoms with Crippen LogP contribution in [0.25, 0.3) is 0 Å². The van der Waals surface area contributed by atoms with Crippen LogP contribution >= 0.6 is 27.5 Å². The predicted molar refractivity (Wildman–Crippen MR) is 85.1 cm³/mol. The summed E-state index contributed by atoms with van der Waals surface area (Å²) in [5, 5.41) is 14.4. The maximum atomic E-state index is 11.1. The van der Waals surface area contributed by atoms with Crippen LogP contribution in [0.4, 0.5) is 5.69 Å². The maximum Gasteiger partial charge on any atom is 0.313 e. The van der Waals surface area contributed by atoms with Gasteiger partial charge in [0.1, 0.15) is 5.75 Å². The van der Waals surface area contributed by atoms with Crippen molar-refractivity contribution in [3.8, 4) is 11.5 Å². The lowest BCUT2D eigenvalue weighted by molar-refractivity contribution is -0.385. The summed E-state index contributed by atoms with van der Waals surface area (Å²) >= 11 is 9.18. The van der Waals surface area contributed by atoms with Gasteiger partial charge in [-0.25, -0.2) is 0 Å². The molecule has 7 heteroatoms. The van der Waals surface area contributed by atoms with Gasteiger partial charge in [-0.1, -0.05) is 27.5 Å². The van der Waals surface area contributed by atoms with Crippen molar-refractivity contribution in [2.75, 3.05) is 7.05 Å². The maximum absolute atomic E-state index is 11.1. The molecule has 0 saturated heterocycles. The van der Waals surface area contributed by atoms with Gasteiger partial charge in [0, 0.05) is 27.7 Å². The van der Waals surface area contributed by atoms with Crippen molar-refractivity contribution in [1.29, 1.82) is 0 Å². The van der Waals surface area contributed by atoms with Crippen LogP contribution in [0.3, 0.4) is 0 Å². The highest BCUT2D eigenvalue weighted by Crippen LogP contribution is 2.35. The molecule has 0 atom stereocenters. The minimum Gasteiger partial charge on any atom is -0.450 e. The van der Waals surface area contributed by atoms with Crippen LogP contribution in [-0.2, 0) is 6.54 Å². The third-order valence-corrected chi connectivity index (χ3v) is 3.46. The third-order valence-electron chi connectivity index (χ3n) is 2.73. The minimum absolute atomic E-state index is 0.157. The highest BCUT2D eigenvalue weighted by molar-refractivity contribution is 9.10. The van der Waals surface area contributed by atoms with Gasteiger partial charge < -0.3 is 10.1 Å². The number of hydrogen-bond acceptors (Lipinski definition) is 4. The third kappa shape index (κ3) is 3.93. The smallest absolute Gasteiger partial charge is 0.313 e. The molecule has 0 fully saturated rings. The van der Waals surface area contributed by atoms with Crippen molar-refractivity contribution < 1.29 is 9.66 Å². The molecule has 0 aliphatic heterocycles. The molecule has 2 aromatic rings. The Kier molecular flexibility index (Phi) is 5.17. The number of hydrogen-bond donors (Lipinski definition) is 1. The Morgan fingerprint density at radius 2 is 2.00 bits per heavy atom. The van der Waals surface area contributed by atoms with Crippen molar-refractivity contribution in [2.45, 2.75) is 6.54 Å². The molecule has 0 heterocycles. The lowest BCUT2D eigenvalue weighted by Gasteiger charge is -2.12. The topological polar surface area (TPSA) is 64.4 Å². The van der Waals surface area contributed by atoms with Crippen molar-refractivity contribution >= 4 is 33.2 Å². The van der Waals surface area contributed by atoms with E-state index in [9.17, 15) is 10.1 Å². The second-order valence-electron chi connectivity index (χ2n) is 4.25. The lowest BCUT2D eigenvalue weighted by Crippen LogP contribution is -2.06. The monoisotopic (exact) mass is 370 g/mol. The number of halogens is 2. The average molecular weight is 372 g/mol. The van der Waals surface area contributed by atoms with Gasteiger partial charge in [0.05, 0.1) is 4.92 Å². The molecule has 0 aromatic heterocycles. The normalized spacial score (nSPS) is 10.4. The Hall–Kier alpha value is -1.63. The van der Waals surface area contributed by atoms with Crippen LogP contribution in [0.1, 0.15) is 5.56 Å². The van der Waals surface area contributed by atoms with Gasteiger partial charge in [0.15, 0.2) is 0 Å². The van der Waals surface area contributed by atoms with E-state index in [-0.39, 0.29) is 11.4 Å². The Morgan fingerprint density at radius 3 is 2.67 bits per heavy atom. The summed E-state index contributed by atoms with van der Waals surface area (Å²) < 4.78 is 6.61. The predicted octanol–water partition coefficient (Wildman–Crippen LogP) is 4.52. The van der Waals surface area contributed by atoms with Gasteiger partial charge in [0.2, 0.25) is 5.75 Å². The number of nitro groups is 1. The zero-order valence-corrected chi connectivity index (χ0v) is 13.4. The van der Waals surface area contributed by atoms with E-state index in [1.54, 1.807) is 12.1 Å². The Bertz CT molecular complexity index is 679. The fourth-order valence-corrected chi connectivity index (χ4v) is 2.39. The largest absolute Gasteiger partial charge is 0.450 e. The Balaban J connectivity index is 2.40. The number of nitro benzene ring substituents is 1. The molecular weight excluding hydrogens is 360 g/mol. The van der Waals surface area contributed by atoms with Gasteiger partial charge in [-0.15, -0.1) is 0 Å². The SMILES string of the molecule is CNCc1cc(Br)ccc1Oc1ccc(Cl)cc1[N+](=O)[O-]. The molecule has 0 aliphatic carbocycles. The standard InChI is InChI=1S/C14H12BrClN2O3/c1-17-8-9-6-10(15)2-4-13(9)21-14-5-3-11(16)7-12(14)18(19)20/h2-7,17H,8H2,1H3. The van der Waals surface area contributed by atoms with E-state index in [0.717, 1.165) is 10.0 Å². The number of nitrogens with one attached hydrogen (secondary N) is 1. The van der Waals surface area contributed by atoms with Crippen molar-refractivity contribution in [2.24, 2.45) is 0 Å². The van der Waals surface area contributed by atoms with Crippen molar-refractivity contribution in [3.63, 3.8) is 0 Å². The molecule has 0 saturated carbocycles. The minimum atomic E-state index is -0.516. The van der Waals surface area contributed by atoms with Gasteiger partial charge in [-0.2, -0.15) is 0 Å². The van der Waals surface area contributed by atoms with Gasteiger partial charge >= 0.3 is 5.69 Å². The molecular formula is C14H12BrClN2O3. The molecule has 5 nitrogen and oxygen atoms in total. The van der Waals surface area contributed by atoms with E-state index in [1.165, 1.54) is 12.1 Å². The number of benzene rings is 2. The molecule has 0 radical (unpaired) electrons. The van der Waals surface area contributed by atoms with Crippen molar-refractivity contribution in [3.05, 3.63) is 61.6 Å². The van der Waals surface area contributed by atoms with E-state index < -0.39 is 4.92 Å². The average Bonchev–Trinajstić information content (AvgIpc) is 2.43. The summed E-state index contributed by atoms with van der Waals surface area (Å²) in [5.41, 5.74) is 0.719. The number of ether oxygens (including phenoxy) is 1. The summed E-state index contributed by atoms with van der Waals surface area (Å²) in [6.45, 7) is 0.580. The van der Waals surface area contributed by atoms with Gasteiger partial charge in [-0.3, -0.25) is 10.1 Å². The van der Waals surface area contributed by atoms with Gasteiger partial charge in [0.25, 0.3) is 0 Å². The second-order valence-corrected chi connectivity index (χ2v) is 5.61.